The van der Waals surface area contributed by atoms with E-state index in [-0.39, 0.29) is 5.69 Å². The number of non-ortho nitro benzene ring substituents is 1. The van der Waals surface area contributed by atoms with Gasteiger partial charge in [-0.2, -0.15) is 5.10 Å². The molecule has 17 heavy (non-hydrogen) atoms. The van der Waals surface area contributed by atoms with Gasteiger partial charge in [-0.25, -0.2) is 0 Å². The lowest BCUT2D eigenvalue weighted by molar-refractivity contribution is -0.384. The summed E-state index contributed by atoms with van der Waals surface area (Å²) in [7, 11) is 0. The number of hydrogen-bond acceptors (Lipinski definition) is 4. The number of aldehydes is 1. The van der Waals surface area contributed by atoms with E-state index in [1.165, 1.54) is 18.3 Å². The van der Waals surface area contributed by atoms with Crippen molar-refractivity contribution in [3.05, 3.63) is 57.9 Å². The molecule has 1 heterocycles. The summed E-state index contributed by atoms with van der Waals surface area (Å²) in [6.07, 6.45) is 3.74. The molecule has 0 amide bonds. The Hall–Kier alpha value is -2.50. The van der Waals surface area contributed by atoms with Crippen molar-refractivity contribution in [2.24, 2.45) is 0 Å². The van der Waals surface area contributed by atoms with Gasteiger partial charge in [-0.15, -0.1) is 0 Å². The van der Waals surface area contributed by atoms with Crippen LogP contribution in [0.4, 0.5) is 5.69 Å². The highest BCUT2D eigenvalue weighted by atomic mass is 16.6. The van der Waals surface area contributed by atoms with Crippen LogP contribution in [0.25, 0.3) is 0 Å². The lowest BCUT2D eigenvalue weighted by atomic mass is 10.2. The Kier molecular flexibility index (Phi) is 2.95. The van der Waals surface area contributed by atoms with Crippen LogP contribution in [0.5, 0.6) is 0 Å². The van der Waals surface area contributed by atoms with Gasteiger partial charge in [0.25, 0.3) is 5.69 Å². The minimum atomic E-state index is -0.441. The SMILES string of the molecule is O=Cc1cnn(Cc2cccc([N+](=O)[O-])c2)c1. The second-order valence-electron chi connectivity index (χ2n) is 3.52. The molecular weight excluding hydrogens is 222 g/mol. The molecule has 2 aromatic rings. The molecule has 0 aliphatic rings. The van der Waals surface area contributed by atoms with Crippen molar-refractivity contribution in [2.75, 3.05) is 0 Å². The molecular formula is C11H9N3O3. The molecule has 0 bridgehead atoms. The van der Waals surface area contributed by atoms with Gasteiger partial charge in [0.05, 0.1) is 23.2 Å². The monoisotopic (exact) mass is 231 g/mol. The predicted molar refractivity (Wildman–Crippen MR) is 59.8 cm³/mol. The van der Waals surface area contributed by atoms with E-state index >= 15 is 0 Å². The maximum Gasteiger partial charge on any atom is 0.269 e. The summed E-state index contributed by atoms with van der Waals surface area (Å²) in [5.74, 6) is 0. The largest absolute Gasteiger partial charge is 0.298 e. The third-order valence-electron chi connectivity index (χ3n) is 2.26. The zero-order chi connectivity index (χ0) is 12.3. The minimum absolute atomic E-state index is 0.0465. The smallest absolute Gasteiger partial charge is 0.269 e. The summed E-state index contributed by atoms with van der Waals surface area (Å²) >= 11 is 0. The Morgan fingerprint density at radius 2 is 2.29 bits per heavy atom. The topological polar surface area (TPSA) is 78.0 Å². The second kappa shape index (κ2) is 4.56. The maximum absolute atomic E-state index is 10.6. The zero-order valence-corrected chi connectivity index (χ0v) is 8.81. The third-order valence-corrected chi connectivity index (χ3v) is 2.26. The molecule has 0 atom stereocenters. The second-order valence-corrected chi connectivity index (χ2v) is 3.52. The molecule has 2 rings (SSSR count). The Morgan fingerprint density at radius 3 is 2.94 bits per heavy atom. The molecule has 0 radical (unpaired) electrons. The van der Waals surface area contributed by atoms with Crippen molar-refractivity contribution in [3.8, 4) is 0 Å². The van der Waals surface area contributed by atoms with Crippen LogP contribution in [0.15, 0.2) is 36.7 Å². The number of nitro benzene ring substituents is 1. The number of nitro groups is 1. The average Bonchev–Trinajstić information content (AvgIpc) is 2.77. The predicted octanol–water partition coefficient (Wildman–Crippen LogP) is 1.65. The first-order chi connectivity index (χ1) is 8.19. The fourth-order valence-corrected chi connectivity index (χ4v) is 1.48. The Morgan fingerprint density at radius 1 is 1.47 bits per heavy atom. The highest BCUT2D eigenvalue weighted by Gasteiger charge is 2.06. The molecule has 1 aromatic carbocycles. The van der Waals surface area contributed by atoms with Crippen molar-refractivity contribution >= 4 is 12.0 Å². The van der Waals surface area contributed by atoms with E-state index in [2.05, 4.69) is 5.10 Å². The maximum atomic E-state index is 10.6. The molecule has 0 spiro atoms. The lowest BCUT2D eigenvalue weighted by Crippen LogP contribution is -2.00. The summed E-state index contributed by atoms with van der Waals surface area (Å²) in [5, 5.41) is 14.6. The van der Waals surface area contributed by atoms with Gasteiger partial charge in [-0.05, 0) is 5.56 Å². The molecule has 86 valence electrons. The third kappa shape index (κ3) is 2.54. The van der Waals surface area contributed by atoms with Crippen molar-refractivity contribution in [3.63, 3.8) is 0 Å². The summed E-state index contributed by atoms with van der Waals surface area (Å²) in [6.45, 7) is 0.398. The van der Waals surface area contributed by atoms with Crippen molar-refractivity contribution < 1.29 is 9.72 Å². The van der Waals surface area contributed by atoms with E-state index in [4.69, 9.17) is 0 Å². The highest BCUT2D eigenvalue weighted by Crippen LogP contribution is 2.13. The molecule has 0 fully saturated rings. The van der Waals surface area contributed by atoms with Crippen molar-refractivity contribution in [1.29, 1.82) is 0 Å². The number of benzene rings is 1. The van der Waals surface area contributed by atoms with Gasteiger partial charge < -0.3 is 0 Å². The van der Waals surface area contributed by atoms with Crippen LogP contribution in [-0.4, -0.2) is 21.0 Å². The molecule has 0 unspecified atom stereocenters. The normalized spacial score (nSPS) is 10.1. The van der Waals surface area contributed by atoms with Crippen LogP contribution >= 0.6 is 0 Å². The van der Waals surface area contributed by atoms with E-state index in [1.54, 1.807) is 23.0 Å². The van der Waals surface area contributed by atoms with Crippen molar-refractivity contribution in [1.82, 2.24) is 9.78 Å². The highest BCUT2D eigenvalue weighted by molar-refractivity contribution is 5.73. The van der Waals surface area contributed by atoms with Crippen LogP contribution in [0.1, 0.15) is 15.9 Å². The molecule has 6 nitrogen and oxygen atoms in total. The van der Waals surface area contributed by atoms with Gasteiger partial charge in [-0.1, -0.05) is 12.1 Å². The van der Waals surface area contributed by atoms with E-state index < -0.39 is 4.92 Å². The number of rotatable bonds is 4. The molecule has 0 saturated heterocycles. The first-order valence-corrected chi connectivity index (χ1v) is 4.90. The van der Waals surface area contributed by atoms with Crippen molar-refractivity contribution in [2.45, 2.75) is 6.54 Å². The quantitative estimate of drug-likeness (QED) is 0.455. The summed E-state index contributed by atoms with van der Waals surface area (Å²) in [6, 6.07) is 6.32. The number of aromatic nitrogens is 2. The summed E-state index contributed by atoms with van der Waals surface area (Å²) in [4.78, 5) is 20.6. The van der Waals surface area contributed by atoms with Crippen LogP contribution in [0.3, 0.4) is 0 Å². The number of hydrogen-bond donors (Lipinski definition) is 0. The molecule has 6 heteroatoms. The van der Waals surface area contributed by atoms with Crippen LogP contribution in [0, 0.1) is 10.1 Å². The van der Waals surface area contributed by atoms with Gasteiger partial charge in [-0.3, -0.25) is 19.6 Å². The fourth-order valence-electron chi connectivity index (χ4n) is 1.48. The molecule has 0 aliphatic heterocycles. The minimum Gasteiger partial charge on any atom is -0.298 e. The molecule has 0 saturated carbocycles. The fraction of sp³-hybridized carbons (Fsp3) is 0.0909. The van der Waals surface area contributed by atoms with Gasteiger partial charge in [0, 0.05) is 18.3 Å². The number of nitrogens with zero attached hydrogens (tertiary/aromatic N) is 3. The van der Waals surface area contributed by atoms with E-state index in [0.29, 0.717) is 18.4 Å². The summed E-state index contributed by atoms with van der Waals surface area (Å²) < 4.78 is 1.56. The number of carbonyl (C=O) groups is 1. The Bertz CT molecular complexity index is 563. The van der Waals surface area contributed by atoms with E-state index in [0.717, 1.165) is 5.56 Å². The number of carbonyl (C=O) groups excluding carboxylic acids is 1. The Labute approximate surface area is 96.6 Å². The van der Waals surface area contributed by atoms with Crippen LogP contribution in [0.2, 0.25) is 0 Å². The van der Waals surface area contributed by atoms with Gasteiger partial charge in [0.2, 0.25) is 0 Å². The van der Waals surface area contributed by atoms with E-state index in [9.17, 15) is 14.9 Å². The first kappa shape index (κ1) is 11.0. The van der Waals surface area contributed by atoms with Gasteiger partial charge in [0.15, 0.2) is 6.29 Å². The van der Waals surface area contributed by atoms with Gasteiger partial charge in [0.1, 0.15) is 0 Å². The van der Waals surface area contributed by atoms with E-state index in [1.807, 2.05) is 0 Å². The van der Waals surface area contributed by atoms with Crippen LogP contribution < -0.4 is 0 Å². The average molecular weight is 231 g/mol. The lowest BCUT2D eigenvalue weighted by Gasteiger charge is -2.01. The zero-order valence-electron chi connectivity index (χ0n) is 8.81. The van der Waals surface area contributed by atoms with Gasteiger partial charge >= 0.3 is 0 Å². The summed E-state index contributed by atoms with van der Waals surface area (Å²) in [5.41, 5.74) is 1.29. The first-order valence-electron chi connectivity index (χ1n) is 4.90. The molecule has 1 aromatic heterocycles. The van der Waals surface area contributed by atoms with Crippen LogP contribution in [-0.2, 0) is 6.54 Å². The Balaban J connectivity index is 2.20. The standard InChI is InChI=1S/C11H9N3O3/c15-8-10-5-12-13(7-10)6-9-2-1-3-11(4-9)14(16)17/h1-5,7-8H,6H2. The molecule has 0 aliphatic carbocycles. The molecule has 0 N–H and O–H groups in total.